The molecule has 162 valence electrons. The van der Waals surface area contributed by atoms with Crippen LogP contribution in [0.2, 0.25) is 0 Å². The first-order valence-corrected chi connectivity index (χ1v) is 10.8. The van der Waals surface area contributed by atoms with E-state index in [1.54, 1.807) is 6.33 Å². The van der Waals surface area contributed by atoms with Crippen molar-refractivity contribution in [2.75, 3.05) is 57.9 Å². The smallest absolute Gasteiger partial charge is 0.132 e. The van der Waals surface area contributed by atoms with Gasteiger partial charge in [-0.05, 0) is 31.5 Å². The Bertz CT molecular complexity index is 842. The van der Waals surface area contributed by atoms with Crippen molar-refractivity contribution in [3.63, 3.8) is 0 Å². The highest BCUT2D eigenvalue weighted by Gasteiger charge is 2.37. The molecule has 1 aromatic heterocycles. The summed E-state index contributed by atoms with van der Waals surface area (Å²) in [5.41, 5.74) is 2.85. The van der Waals surface area contributed by atoms with Crippen LogP contribution in [0.3, 0.4) is 0 Å². The molecule has 2 aliphatic rings. The number of benzene rings is 1. The van der Waals surface area contributed by atoms with E-state index >= 15 is 0 Å². The predicted molar refractivity (Wildman–Crippen MR) is 117 cm³/mol. The largest absolute Gasteiger partial charge is 0.387 e. The van der Waals surface area contributed by atoms with Crippen LogP contribution in [0.4, 0.5) is 5.82 Å². The fourth-order valence-electron chi connectivity index (χ4n) is 4.51. The number of aliphatic hydroxyl groups is 1. The van der Waals surface area contributed by atoms with Gasteiger partial charge in [-0.15, -0.1) is 0 Å². The second-order valence-corrected chi connectivity index (χ2v) is 8.79. The van der Waals surface area contributed by atoms with E-state index < -0.39 is 5.60 Å². The van der Waals surface area contributed by atoms with Crippen molar-refractivity contribution in [2.45, 2.75) is 32.0 Å². The molecular weight excluding hydrogens is 378 g/mol. The molecule has 1 aromatic carbocycles. The topological polar surface area (TPSA) is 65.0 Å². The molecule has 1 unspecified atom stereocenters. The molecule has 4 rings (SSSR count). The lowest BCUT2D eigenvalue weighted by Gasteiger charge is -2.29. The molecule has 7 heteroatoms. The maximum absolute atomic E-state index is 11.2. The molecule has 1 atom stereocenters. The zero-order chi connectivity index (χ0) is 21.0. The lowest BCUT2D eigenvalue weighted by Crippen LogP contribution is -2.43. The number of nitrogens with zero attached hydrogens (tertiary/aromatic N) is 5. The van der Waals surface area contributed by atoms with Crippen molar-refractivity contribution in [2.24, 2.45) is 0 Å². The van der Waals surface area contributed by atoms with Gasteiger partial charge in [0.15, 0.2) is 0 Å². The van der Waals surface area contributed by atoms with Crippen LogP contribution < -0.4 is 4.90 Å². The zero-order valence-electron chi connectivity index (χ0n) is 18.1. The van der Waals surface area contributed by atoms with Crippen LogP contribution >= 0.6 is 0 Å². The molecule has 30 heavy (non-hydrogen) atoms. The molecule has 2 fully saturated rings. The van der Waals surface area contributed by atoms with Crippen molar-refractivity contribution >= 4 is 5.82 Å². The van der Waals surface area contributed by atoms with E-state index in [9.17, 15) is 5.11 Å². The molecule has 2 aromatic rings. The number of hydrogen-bond acceptors (Lipinski definition) is 7. The summed E-state index contributed by atoms with van der Waals surface area (Å²) in [6.07, 6.45) is 2.34. The fraction of sp³-hybridized carbons (Fsp3) is 0.565. The number of likely N-dealkylation sites (N-methyl/N-ethyl adjacent to an activating group) is 1. The Balaban J connectivity index is 1.32. The Hall–Kier alpha value is -2.06. The molecule has 1 N–H and O–H groups in total. The summed E-state index contributed by atoms with van der Waals surface area (Å²) in [4.78, 5) is 15.4. The fourth-order valence-corrected chi connectivity index (χ4v) is 4.51. The van der Waals surface area contributed by atoms with Gasteiger partial charge in [-0.3, -0.25) is 9.80 Å². The molecular formula is C23H33N5O2. The third-order valence-corrected chi connectivity index (χ3v) is 5.96. The van der Waals surface area contributed by atoms with Gasteiger partial charge >= 0.3 is 0 Å². The van der Waals surface area contributed by atoms with Gasteiger partial charge in [-0.2, -0.15) is 0 Å². The van der Waals surface area contributed by atoms with Crippen LogP contribution in [0.15, 0.2) is 36.7 Å². The summed E-state index contributed by atoms with van der Waals surface area (Å²) in [7, 11) is 2.09. The first-order valence-electron chi connectivity index (χ1n) is 10.8. The van der Waals surface area contributed by atoms with Crippen molar-refractivity contribution < 1.29 is 9.84 Å². The lowest BCUT2D eigenvalue weighted by molar-refractivity contribution is 0.0279. The van der Waals surface area contributed by atoms with E-state index in [1.165, 1.54) is 11.1 Å². The number of rotatable bonds is 7. The minimum absolute atomic E-state index is 0.602. The lowest BCUT2D eigenvalue weighted by atomic mass is 10.0. The van der Waals surface area contributed by atoms with Gasteiger partial charge < -0.3 is 14.7 Å². The third-order valence-electron chi connectivity index (χ3n) is 5.96. The monoisotopic (exact) mass is 411 g/mol. The van der Waals surface area contributed by atoms with Crippen molar-refractivity contribution in [3.8, 4) is 0 Å². The van der Waals surface area contributed by atoms with Gasteiger partial charge in [-0.25, -0.2) is 9.97 Å². The summed E-state index contributed by atoms with van der Waals surface area (Å²) in [6.45, 7) is 9.47. The summed E-state index contributed by atoms with van der Waals surface area (Å²) in [5.74, 6) is 0.900. The zero-order valence-corrected chi connectivity index (χ0v) is 18.1. The summed E-state index contributed by atoms with van der Waals surface area (Å²) < 4.78 is 5.45. The molecule has 0 aliphatic carbocycles. The average molecular weight is 412 g/mol. The van der Waals surface area contributed by atoms with Crippen LogP contribution in [-0.2, 0) is 17.8 Å². The standard InChI is InChI=1S/C23H33N5O2/c1-19-12-22(25-18-24-19)28-7-6-23(29,17-28)16-26(2)14-20-4-3-5-21(13-20)15-27-8-10-30-11-9-27/h3-5,12-13,18,29H,6-11,14-17H2,1-2H3. The number of morpholine rings is 1. The van der Waals surface area contributed by atoms with Crippen LogP contribution in [-0.4, -0.2) is 83.5 Å². The first kappa shape index (κ1) is 21.2. The van der Waals surface area contributed by atoms with Gasteiger partial charge in [0.05, 0.1) is 18.8 Å². The Morgan fingerprint density at radius 1 is 1.13 bits per heavy atom. The summed E-state index contributed by atoms with van der Waals surface area (Å²) in [6, 6.07) is 10.8. The number of anilines is 1. The predicted octanol–water partition coefficient (Wildman–Crippen LogP) is 1.69. The highest BCUT2D eigenvalue weighted by Crippen LogP contribution is 2.26. The SMILES string of the molecule is Cc1cc(N2CCC(O)(CN(C)Cc3cccc(CN4CCOCC4)c3)C2)ncn1. The van der Waals surface area contributed by atoms with E-state index in [4.69, 9.17) is 4.74 Å². The van der Waals surface area contributed by atoms with E-state index in [0.717, 1.165) is 63.9 Å². The Labute approximate surface area is 179 Å². The van der Waals surface area contributed by atoms with Gasteiger partial charge in [0.1, 0.15) is 12.1 Å². The molecule has 0 radical (unpaired) electrons. The Kier molecular flexibility index (Phi) is 6.63. The van der Waals surface area contributed by atoms with E-state index in [-0.39, 0.29) is 0 Å². The van der Waals surface area contributed by atoms with E-state index in [1.807, 2.05) is 13.0 Å². The maximum Gasteiger partial charge on any atom is 0.132 e. The quantitative estimate of drug-likeness (QED) is 0.744. The Morgan fingerprint density at radius 3 is 2.73 bits per heavy atom. The molecule has 0 bridgehead atoms. The van der Waals surface area contributed by atoms with Crippen molar-refractivity contribution in [1.29, 1.82) is 0 Å². The van der Waals surface area contributed by atoms with Gasteiger partial charge in [0, 0.05) is 57.6 Å². The van der Waals surface area contributed by atoms with Crippen molar-refractivity contribution in [1.82, 2.24) is 19.8 Å². The molecule has 0 saturated carbocycles. The average Bonchev–Trinajstić information content (AvgIpc) is 3.10. The number of hydrogen-bond donors (Lipinski definition) is 1. The van der Waals surface area contributed by atoms with Crippen LogP contribution in [0, 0.1) is 6.92 Å². The molecule has 0 amide bonds. The number of aromatic nitrogens is 2. The highest BCUT2D eigenvalue weighted by atomic mass is 16.5. The highest BCUT2D eigenvalue weighted by molar-refractivity contribution is 5.41. The van der Waals surface area contributed by atoms with Crippen LogP contribution in [0.25, 0.3) is 0 Å². The van der Waals surface area contributed by atoms with E-state index in [0.29, 0.717) is 13.1 Å². The second-order valence-electron chi connectivity index (χ2n) is 8.79. The minimum Gasteiger partial charge on any atom is -0.387 e. The van der Waals surface area contributed by atoms with Gasteiger partial charge in [0.2, 0.25) is 0 Å². The number of β-amino-alcohol motifs (C(OH)–C–C–N with tert-alkyl or cyclic N) is 1. The number of ether oxygens (including phenoxy) is 1. The first-order chi connectivity index (χ1) is 14.5. The van der Waals surface area contributed by atoms with Crippen LogP contribution in [0.5, 0.6) is 0 Å². The summed E-state index contributed by atoms with van der Waals surface area (Å²) in [5, 5.41) is 11.2. The maximum atomic E-state index is 11.2. The number of aryl methyl sites for hydroxylation is 1. The normalized spacial score (nSPS) is 22.7. The molecule has 0 spiro atoms. The molecule has 3 heterocycles. The molecule has 7 nitrogen and oxygen atoms in total. The summed E-state index contributed by atoms with van der Waals surface area (Å²) >= 11 is 0. The van der Waals surface area contributed by atoms with Gasteiger partial charge in [-0.1, -0.05) is 24.3 Å². The second kappa shape index (κ2) is 9.39. The van der Waals surface area contributed by atoms with Crippen molar-refractivity contribution in [3.05, 3.63) is 53.5 Å². The van der Waals surface area contributed by atoms with Gasteiger partial charge in [0.25, 0.3) is 0 Å². The molecule has 2 saturated heterocycles. The molecule has 2 aliphatic heterocycles. The van der Waals surface area contributed by atoms with Crippen LogP contribution in [0.1, 0.15) is 23.2 Å². The third kappa shape index (κ3) is 5.55. The Morgan fingerprint density at radius 2 is 1.93 bits per heavy atom. The van der Waals surface area contributed by atoms with E-state index in [2.05, 4.69) is 56.0 Å². The minimum atomic E-state index is -0.723.